The number of halogens is 3. The second kappa shape index (κ2) is 6.85. The number of rotatable bonds is 3. The Morgan fingerprint density at radius 3 is 2.50 bits per heavy atom. The SMILES string of the molecule is Cl.N[C@@H](c1c(F)cccc1Br)[C@H](O)C1CCCC1. The fraction of sp³-hybridized carbons (Fsp3) is 0.538. The largest absolute Gasteiger partial charge is 0.391 e. The summed E-state index contributed by atoms with van der Waals surface area (Å²) in [4.78, 5) is 0. The molecule has 0 amide bonds. The van der Waals surface area contributed by atoms with Crippen molar-refractivity contribution in [1.29, 1.82) is 0 Å². The Morgan fingerprint density at radius 1 is 1.33 bits per heavy atom. The van der Waals surface area contributed by atoms with Gasteiger partial charge in [0, 0.05) is 10.0 Å². The van der Waals surface area contributed by atoms with Gasteiger partial charge in [0.25, 0.3) is 0 Å². The van der Waals surface area contributed by atoms with Crippen LogP contribution in [0.5, 0.6) is 0 Å². The molecule has 0 aromatic heterocycles. The van der Waals surface area contributed by atoms with Gasteiger partial charge in [0.2, 0.25) is 0 Å². The van der Waals surface area contributed by atoms with Gasteiger partial charge in [0.1, 0.15) is 5.82 Å². The van der Waals surface area contributed by atoms with Gasteiger partial charge in [-0.15, -0.1) is 12.4 Å². The Balaban J connectivity index is 0.00000162. The van der Waals surface area contributed by atoms with Gasteiger partial charge in [-0.25, -0.2) is 4.39 Å². The van der Waals surface area contributed by atoms with Crippen LogP contribution in [-0.2, 0) is 0 Å². The molecule has 0 heterocycles. The molecule has 2 rings (SSSR count). The summed E-state index contributed by atoms with van der Waals surface area (Å²) in [5, 5.41) is 10.2. The quantitative estimate of drug-likeness (QED) is 0.885. The second-order valence-corrected chi connectivity index (χ2v) is 5.55. The van der Waals surface area contributed by atoms with E-state index in [9.17, 15) is 9.50 Å². The highest BCUT2D eigenvalue weighted by Gasteiger charge is 2.30. The molecule has 2 atom stereocenters. The molecule has 1 aromatic carbocycles. The van der Waals surface area contributed by atoms with E-state index < -0.39 is 12.1 Å². The number of nitrogens with two attached hydrogens (primary N) is 1. The molecule has 1 aliphatic rings. The number of aliphatic hydroxyl groups excluding tert-OH is 1. The molecule has 1 saturated carbocycles. The molecular formula is C13H18BrClFNO. The van der Waals surface area contributed by atoms with Gasteiger partial charge in [-0.3, -0.25) is 0 Å². The average Bonchev–Trinajstić information content (AvgIpc) is 2.81. The Labute approximate surface area is 121 Å². The van der Waals surface area contributed by atoms with E-state index >= 15 is 0 Å². The molecule has 2 nitrogen and oxygen atoms in total. The van der Waals surface area contributed by atoms with Crippen molar-refractivity contribution in [3.8, 4) is 0 Å². The van der Waals surface area contributed by atoms with Crippen LogP contribution in [0.3, 0.4) is 0 Å². The number of benzene rings is 1. The monoisotopic (exact) mass is 337 g/mol. The van der Waals surface area contributed by atoms with Crippen LogP contribution >= 0.6 is 28.3 Å². The van der Waals surface area contributed by atoms with Gasteiger partial charge in [0.15, 0.2) is 0 Å². The maximum atomic E-state index is 13.7. The lowest BCUT2D eigenvalue weighted by Crippen LogP contribution is -2.32. The fourth-order valence-corrected chi connectivity index (χ4v) is 3.20. The van der Waals surface area contributed by atoms with Gasteiger partial charge in [-0.1, -0.05) is 34.8 Å². The third kappa shape index (κ3) is 3.23. The molecule has 0 radical (unpaired) electrons. The van der Waals surface area contributed by atoms with Crippen LogP contribution in [0.1, 0.15) is 37.3 Å². The van der Waals surface area contributed by atoms with E-state index in [1.54, 1.807) is 12.1 Å². The minimum atomic E-state index is -0.661. The van der Waals surface area contributed by atoms with Crippen LogP contribution in [0, 0.1) is 11.7 Å². The molecule has 18 heavy (non-hydrogen) atoms. The van der Waals surface area contributed by atoms with Crippen LogP contribution in [-0.4, -0.2) is 11.2 Å². The molecule has 0 spiro atoms. The number of aliphatic hydroxyl groups is 1. The van der Waals surface area contributed by atoms with Gasteiger partial charge in [-0.2, -0.15) is 0 Å². The first-order chi connectivity index (χ1) is 8.11. The maximum absolute atomic E-state index is 13.7. The lowest BCUT2D eigenvalue weighted by atomic mass is 9.91. The van der Waals surface area contributed by atoms with Gasteiger partial charge >= 0.3 is 0 Å². The van der Waals surface area contributed by atoms with Crippen molar-refractivity contribution in [3.63, 3.8) is 0 Å². The Kier molecular flexibility index (Phi) is 6.05. The van der Waals surface area contributed by atoms with Crippen molar-refractivity contribution in [2.45, 2.75) is 37.8 Å². The predicted molar refractivity (Wildman–Crippen MR) is 76.2 cm³/mol. The summed E-state index contributed by atoms with van der Waals surface area (Å²) >= 11 is 3.29. The molecular weight excluding hydrogens is 321 g/mol. The van der Waals surface area contributed by atoms with Crippen molar-refractivity contribution in [2.24, 2.45) is 11.7 Å². The normalized spacial score (nSPS) is 19.3. The minimum absolute atomic E-state index is 0. The third-order valence-corrected chi connectivity index (χ3v) is 4.28. The Bertz CT molecular complexity index is 378. The maximum Gasteiger partial charge on any atom is 0.129 e. The van der Waals surface area contributed by atoms with E-state index in [1.807, 2.05) is 0 Å². The average molecular weight is 339 g/mol. The van der Waals surface area contributed by atoms with Crippen LogP contribution in [0.25, 0.3) is 0 Å². The molecule has 0 aliphatic heterocycles. The smallest absolute Gasteiger partial charge is 0.129 e. The fourth-order valence-electron chi connectivity index (χ4n) is 2.59. The van der Waals surface area contributed by atoms with Crippen LogP contribution in [0.2, 0.25) is 0 Å². The van der Waals surface area contributed by atoms with E-state index in [2.05, 4.69) is 15.9 Å². The number of hydrogen-bond acceptors (Lipinski definition) is 2. The van der Waals surface area contributed by atoms with E-state index in [-0.39, 0.29) is 24.1 Å². The van der Waals surface area contributed by atoms with Crippen molar-refractivity contribution >= 4 is 28.3 Å². The zero-order valence-corrected chi connectivity index (χ0v) is 12.4. The van der Waals surface area contributed by atoms with E-state index in [1.165, 1.54) is 6.07 Å². The Hall–Kier alpha value is -0.160. The van der Waals surface area contributed by atoms with Crippen LogP contribution in [0.15, 0.2) is 22.7 Å². The summed E-state index contributed by atoms with van der Waals surface area (Å²) < 4.78 is 14.4. The first kappa shape index (κ1) is 15.9. The molecule has 102 valence electrons. The Morgan fingerprint density at radius 2 is 1.94 bits per heavy atom. The number of hydrogen-bond donors (Lipinski definition) is 2. The summed E-state index contributed by atoms with van der Waals surface area (Å²) in [6.07, 6.45) is 3.58. The first-order valence-electron chi connectivity index (χ1n) is 5.99. The lowest BCUT2D eigenvalue weighted by Gasteiger charge is -2.25. The molecule has 0 saturated heterocycles. The highest BCUT2D eigenvalue weighted by Crippen LogP contribution is 2.35. The molecule has 0 unspecified atom stereocenters. The molecule has 5 heteroatoms. The van der Waals surface area contributed by atoms with Crippen molar-refractivity contribution < 1.29 is 9.50 Å². The predicted octanol–water partition coefficient (Wildman–Crippen LogP) is 3.56. The van der Waals surface area contributed by atoms with Crippen LogP contribution in [0.4, 0.5) is 4.39 Å². The van der Waals surface area contributed by atoms with Crippen molar-refractivity contribution in [2.75, 3.05) is 0 Å². The molecule has 1 aliphatic carbocycles. The zero-order chi connectivity index (χ0) is 12.4. The first-order valence-corrected chi connectivity index (χ1v) is 6.78. The van der Waals surface area contributed by atoms with E-state index in [0.717, 1.165) is 25.7 Å². The zero-order valence-electron chi connectivity index (χ0n) is 9.98. The topological polar surface area (TPSA) is 46.2 Å². The summed E-state index contributed by atoms with van der Waals surface area (Å²) in [7, 11) is 0. The molecule has 1 aromatic rings. The summed E-state index contributed by atoms with van der Waals surface area (Å²) in [6, 6.07) is 4.09. The van der Waals surface area contributed by atoms with E-state index in [4.69, 9.17) is 5.73 Å². The summed E-state index contributed by atoms with van der Waals surface area (Å²) in [5.41, 5.74) is 6.38. The summed E-state index contributed by atoms with van der Waals surface area (Å²) in [6.45, 7) is 0. The third-order valence-electron chi connectivity index (χ3n) is 3.58. The van der Waals surface area contributed by atoms with Crippen molar-refractivity contribution in [3.05, 3.63) is 34.1 Å². The molecule has 0 bridgehead atoms. The van der Waals surface area contributed by atoms with E-state index in [0.29, 0.717) is 10.0 Å². The second-order valence-electron chi connectivity index (χ2n) is 4.70. The minimum Gasteiger partial charge on any atom is -0.391 e. The molecule has 3 N–H and O–H groups in total. The van der Waals surface area contributed by atoms with Gasteiger partial charge in [0.05, 0.1) is 12.1 Å². The highest BCUT2D eigenvalue weighted by molar-refractivity contribution is 9.10. The molecule has 1 fully saturated rings. The van der Waals surface area contributed by atoms with Gasteiger partial charge < -0.3 is 10.8 Å². The highest BCUT2D eigenvalue weighted by atomic mass is 79.9. The van der Waals surface area contributed by atoms with Crippen molar-refractivity contribution in [1.82, 2.24) is 0 Å². The van der Waals surface area contributed by atoms with Gasteiger partial charge in [-0.05, 0) is 30.9 Å². The summed E-state index contributed by atoms with van der Waals surface area (Å²) in [5.74, 6) is -0.152. The van der Waals surface area contributed by atoms with Crippen LogP contribution < -0.4 is 5.73 Å². The lowest BCUT2D eigenvalue weighted by molar-refractivity contribution is 0.0830. The standard InChI is InChI=1S/C13H17BrFNO.ClH/c14-9-6-3-7-10(15)11(9)12(16)13(17)8-4-1-2-5-8;/h3,6-8,12-13,17H,1-2,4-5,16H2;1H/t12-,13+;/m0./s1.